The van der Waals surface area contributed by atoms with Crippen LogP contribution in [0.15, 0.2) is 6.07 Å². The Morgan fingerprint density at radius 2 is 1.93 bits per heavy atom. The van der Waals surface area contributed by atoms with Crippen LogP contribution in [0.5, 0.6) is 11.6 Å². The summed E-state index contributed by atoms with van der Waals surface area (Å²) in [5.41, 5.74) is 5.23. The Balaban J connectivity index is 1.55. The van der Waals surface area contributed by atoms with Crippen molar-refractivity contribution in [3.8, 4) is 11.6 Å². The second-order valence-corrected chi connectivity index (χ2v) is 7.80. The number of fused-ring (bicyclic) bond motifs is 2. The van der Waals surface area contributed by atoms with E-state index in [0.717, 1.165) is 55.5 Å². The van der Waals surface area contributed by atoms with Crippen molar-refractivity contribution in [2.75, 3.05) is 58.9 Å². The van der Waals surface area contributed by atoms with Crippen molar-refractivity contribution in [3.63, 3.8) is 0 Å². The Morgan fingerprint density at radius 1 is 1.07 bits per heavy atom. The molecule has 2 aromatic heterocycles. The highest BCUT2D eigenvalue weighted by atomic mass is 16.5. The lowest BCUT2D eigenvalue weighted by atomic mass is 10.1. The van der Waals surface area contributed by atoms with Crippen LogP contribution in [0.2, 0.25) is 0 Å². The van der Waals surface area contributed by atoms with Gasteiger partial charge in [-0.05, 0) is 57.2 Å². The summed E-state index contributed by atoms with van der Waals surface area (Å²) in [6.07, 6.45) is 6.83. The van der Waals surface area contributed by atoms with E-state index in [-0.39, 0.29) is 0 Å². The molecular weight excluding hydrogens is 368 g/mol. The van der Waals surface area contributed by atoms with E-state index in [1.165, 1.54) is 37.2 Å². The highest BCUT2D eigenvalue weighted by Crippen LogP contribution is 2.37. The molecule has 0 atom stereocenters. The summed E-state index contributed by atoms with van der Waals surface area (Å²) in [4.78, 5) is 12.2. The quantitative estimate of drug-likeness (QED) is 0.615. The van der Waals surface area contributed by atoms with E-state index in [4.69, 9.17) is 24.2 Å². The molecule has 4 rings (SSSR count). The van der Waals surface area contributed by atoms with Crippen LogP contribution in [0.3, 0.4) is 0 Å². The number of likely N-dealkylation sites (tertiary alicyclic amines) is 1. The molecule has 0 bridgehead atoms. The summed E-state index contributed by atoms with van der Waals surface area (Å²) in [6.45, 7) is 5.56. The number of nitrogens with zero attached hydrogens (tertiary/aromatic N) is 3. The average Bonchev–Trinajstić information content (AvgIpc) is 3.42. The number of nitrogens with one attached hydrogen (secondary N) is 1. The van der Waals surface area contributed by atoms with Crippen LogP contribution in [0.4, 0.5) is 5.69 Å². The molecule has 0 amide bonds. The molecule has 7 nitrogen and oxygen atoms in total. The standard InChI is InChI=1S/C22H32N4O3/c1-27-14-9-23-20-16-7-5-8-17(16)24-18-15-19(22(28-2)25-21(18)20)29-13-6-12-26-10-3-4-11-26/h15H,3-14H2,1-2H3,(H,23,24). The molecule has 1 fully saturated rings. The zero-order valence-electron chi connectivity index (χ0n) is 17.6. The van der Waals surface area contributed by atoms with Gasteiger partial charge in [-0.1, -0.05) is 0 Å². The third-order valence-electron chi connectivity index (χ3n) is 5.79. The van der Waals surface area contributed by atoms with Gasteiger partial charge in [0.2, 0.25) is 0 Å². The Hall–Kier alpha value is -2.12. The van der Waals surface area contributed by atoms with Crippen LogP contribution in [0, 0.1) is 0 Å². The van der Waals surface area contributed by atoms with E-state index in [9.17, 15) is 0 Å². The second kappa shape index (κ2) is 9.59. The summed E-state index contributed by atoms with van der Waals surface area (Å²) in [7, 11) is 3.36. The van der Waals surface area contributed by atoms with Gasteiger partial charge < -0.3 is 24.4 Å². The van der Waals surface area contributed by atoms with Gasteiger partial charge in [-0.2, -0.15) is 0 Å². The maximum atomic E-state index is 6.06. The second-order valence-electron chi connectivity index (χ2n) is 7.80. The number of methoxy groups -OCH3 is 2. The van der Waals surface area contributed by atoms with Crippen molar-refractivity contribution in [2.24, 2.45) is 0 Å². The predicted octanol–water partition coefficient (Wildman–Crippen LogP) is 3.05. The molecule has 0 spiro atoms. The van der Waals surface area contributed by atoms with Crippen molar-refractivity contribution in [1.82, 2.24) is 14.9 Å². The monoisotopic (exact) mass is 400 g/mol. The van der Waals surface area contributed by atoms with Gasteiger partial charge in [0.15, 0.2) is 5.75 Å². The highest BCUT2D eigenvalue weighted by molar-refractivity contribution is 5.91. The smallest absolute Gasteiger partial charge is 0.257 e. The van der Waals surface area contributed by atoms with Crippen molar-refractivity contribution < 1.29 is 14.2 Å². The molecule has 7 heteroatoms. The van der Waals surface area contributed by atoms with Crippen molar-refractivity contribution in [2.45, 2.75) is 38.5 Å². The molecule has 0 aromatic carbocycles. The van der Waals surface area contributed by atoms with Crippen LogP contribution in [0.1, 0.15) is 36.9 Å². The van der Waals surface area contributed by atoms with E-state index in [0.29, 0.717) is 24.8 Å². The highest BCUT2D eigenvalue weighted by Gasteiger charge is 2.22. The molecule has 0 radical (unpaired) electrons. The fraction of sp³-hybridized carbons (Fsp3) is 0.636. The van der Waals surface area contributed by atoms with Gasteiger partial charge in [-0.3, -0.25) is 4.98 Å². The van der Waals surface area contributed by atoms with Gasteiger partial charge in [-0.25, -0.2) is 4.98 Å². The van der Waals surface area contributed by atoms with Crippen LogP contribution in [-0.2, 0) is 17.6 Å². The number of aromatic nitrogens is 2. The van der Waals surface area contributed by atoms with E-state index in [1.807, 2.05) is 6.07 Å². The van der Waals surface area contributed by atoms with Gasteiger partial charge in [0.25, 0.3) is 5.88 Å². The maximum Gasteiger partial charge on any atom is 0.257 e. The number of rotatable bonds is 10. The minimum atomic E-state index is 0.521. The van der Waals surface area contributed by atoms with Crippen molar-refractivity contribution in [1.29, 1.82) is 0 Å². The lowest BCUT2D eigenvalue weighted by Crippen LogP contribution is -2.22. The third kappa shape index (κ3) is 4.56. The maximum absolute atomic E-state index is 6.06. The van der Waals surface area contributed by atoms with E-state index >= 15 is 0 Å². The van der Waals surface area contributed by atoms with E-state index < -0.39 is 0 Å². The molecule has 1 aliphatic heterocycles. The van der Waals surface area contributed by atoms with Crippen LogP contribution < -0.4 is 14.8 Å². The molecule has 1 N–H and O–H groups in total. The molecule has 2 aliphatic rings. The Morgan fingerprint density at radius 3 is 2.72 bits per heavy atom. The molecule has 1 aliphatic carbocycles. The minimum Gasteiger partial charge on any atom is -0.488 e. The molecule has 1 saturated heterocycles. The molecule has 158 valence electrons. The minimum absolute atomic E-state index is 0.521. The molecule has 2 aromatic rings. The third-order valence-corrected chi connectivity index (χ3v) is 5.79. The lowest BCUT2D eigenvalue weighted by molar-refractivity contribution is 0.211. The zero-order chi connectivity index (χ0) is 20.1. The summed E-state index contributed by atoms with van der Waals surface area (Å²) >= 11 is 0. The van der Waals surface area contributed by atoms with Crippen molar-refractivity contribution >= 4 is 16.7 Å². The first-order valence-electron chi connectivity index (χ1n) is 10.8. The predicted molar refractivity (Wildman–Crippen MR) is 114 cm³/mol. The normalized spacial score (nSPS) is 16.3. The zero-order valence-corrected chi connectivity index (χ0v) is 17.6. The first-order chi connectivity index (χ1) is 14.3. The Labute approximate surface area is 172 Å². The first kappa shape index (κ1) is 20.2. The summed E-state index contributed by atoms with van der Waals surface area (Å²) in [6, 6.07) is 1.98. The fourth-order valence-electron chi connectivity index (χ4n) is 4.34. The number of hydrogen-bond acceptors (Lipinski definition) is 7. The summed E-state index contributed by atoms with van der Waals surface area (Å²) < 4.78 is 16.8. The van der Waals surface area contributed by atoms with E-state index in [2.05, 4.69) is 10.2 Å². The van der Waals surface area contributed by atoms with Crippen molar-refractivity contribution in [3.05, 3.63) is 17.3 Å². The number of aryl methyl sites for hydroxylation is 1. The van der Waals surface area contributed by atoms with E-state index in [1.54, 1.807) is 14.2 Å². The topological polar surface area (TPSA) is 68.7 Å². The molecule has 0 saturated carbocycles. The van der Waals surface area contributed by atoms with Gasteiger partial charge in [0, 0.05) is 32.0 Å². The van der Waals surface area contributed by atoms with Crippen LogP contribution >= 0.6 is 0 Å². The fourth-order valence-corrected chi connectivity index (χ4v) is 4.34. The SMILES string of the molecule is COCCNc1c2c(nc3cc(OCCCN4CCCC4)c(OC)nc13)CCC2. The number of anilines is 1. The Kier molecular flexibility index (Phi) is 6.67. The van der Waals surface area contributed by atoms with Crippen LogP contribution in [0.25, 0.3) is 11.0 Å². The number of hydrogen-bond donors (Lipinski definition) is 1. The van der Waals surface area contributed by atoms with Gasteiger partial charge in [0.1, 0.15) is 5.52 Å². The number of pyridine rings is 2. The Bertz CT molecular complexity index is 837. The summed E-state index contributed by atoms with van der Waals surface area (Å²) in [5, 5.41) is 3.51. The van der Waals surface area contributed by atoms with Gasteiger partial charge >= 0.3 is 0 Å². The van der Waals surface area contributed by atoms with Gasteiger partial charge in [-0.15, -0.1) is 0 Å². The lowest BCUT2D eigenvalue weighted by Gasteiger charge is -2.17. The molecular formula is C22H32N4O3. The molecule has 29 heavy (non-hydrogen) atoms. The summed E-state index contributed by atoms with van der Waals surface area (Å²) in [5.74, 6) is 1.20. The van der Waals surface area contributed by atoms with Gasteiger partial charge in [0.05, 0.1) is 31.5 Å². The molecule has 0 unspecified atom stereocenters. The first-order valence-corrected chi connectivity index (χ1v) is 10.8. The average molecular weight is 401 g/mol. The largest absolute Gasteiger partial charge is 0.488 e. The molecule has 3 heterocycles. The van der Waals surface area contributed by atoms with Crippen LogP contribution in [-0.4, -0.2) is 68.5 Å². The number of ether oxygens (including phenoxy) is 3.